The summed E-state index contributed by atoms with van der Waals surface area (Å²) < 4.78 is 16.6. The van der Waals surface area contributed by atoms with Crippen LogP contribution in [-0.2, 0) is 27.9 Å². The van der Waals surface area contributed by atoms with Crippen molar-refractivity contribution in [1.29, 1.82) is 0 Å². The molecule has 32 heavy (non-hydrogen) atoms. The quantitative estimate of drug-likeness (QED) is 0.589. The van der Waals surface area contributed by atoms with Gasteiger partial charge < -0.3 is 19.5 Å². The molecule has 0 unspecified atom stereocenters. The van der Waals surface area contributed by atoms with Crippen molar-refractivity contribution in [2.24, 2.45) is 5.92 Å². The van der Waals surface area contributed by atoms with Crippen molar-refractivity contribution in [3.63, 3.8) is 0 Å². The minimum absolute atomic E-state index is 0.0489. The smallest absolute Gasteiger partial charge is 0.407 e. The molecule has 0 spiro atoms. The molecule has 172 valence electrons. The molecular weight excluding hydrogens is 402 g/mol. The van der Waals surface area contributed by atoms with Gasteiger partial charge in [0.1, 0.15) is 19.0 Å². The molecule has 3 atom stereocenters. The van der Waals surface area contributed by atoms with Crippen LogP contribution in [0.1, 0.15) is 55.7 Å². The molecular formula is C27H35NO4. The van der Waals surface area contributed by atoms with Crippen molar-refractivity contribution in [1.82, 2.24) is 5.32 Å². The van der Waals surface area contributed by atoms with E-state index in [-0.39, 0.29) is 24.2 Å². The van der Waals surface area contributed by atoms with E-state index in [9.17, 15) is 4.79 Å². The van der Waals surface area contributed by atoms with Crippen LogP contribution in [0.25, 0.3) is 0 Å². The first-order valence-electron chi connectivity index (χ1n) is 11.8. The molecule has 0 aliphatic heterocycles. The lowest BCUT2D eigenvalue weighted by molar-refractivity contribution is 0.109. The number of hydrogen-bond acceptors (Lipinski definition) is 4. The number of benzene rings is 2. The number of ether oxygens (including phenoxy) is 3. The average molecular weight is 438 g/mol. The summed E-state index contributed by atoms with van der Waals surface area (Å²) >= 11 is 0. The van der Waals surface area contributed by atoms with Gasteiger partial charge in [-0.25, -0.2) is 4.79 Å². The highest BCUT2D eigenvalue weighted by Gasteiger charge is 2.46. The molecule has 4 rings (SSSR count). The van der Waals surface area contributed by atoms with Crippen molar-refractivity contribution in [3.05, 3.63) is 65.2 Å². The molecule has 1 N–H and O–H groups in total. The first-order chi connectivity index (χ1) is 15.6. The highest BCUT2D eigenvalue weighted by Crippen LogP contribution is 2.47. The number of amides is 1. The zero-order chi connectivity index (χ0) is 22.4. The largest absolute Gasteiger partial charge is 0.491 e. The van der Waals surface area contributed by atoms with E-state index < -0.39 is 0 Å². The van der Waals surface area contributed by atoms with Gasteiger partial charge in [-0.1, -0.05) is 62.6 Å². The lowest BCUT2D eigenvalue weighted by Crippen LogP contribution is -2.57. The van der Waals surface area contributed by atoms with Crippen molar-refractivity contribution in [3.8, 4) is 5.75 Å². The molecule has 0 saturated heterocycles. The van der Waals surface area contributed by atoms with Crippen molar-refractivity contribution < 1.29 is 19.0 Å². The summed E-state index contributed by atoms with van der Waals surface area (Å²) in [4.78, 5) is 12.8. The number of methoxy groups -OCH3 is 1. The van der Waals surface area contributed by atoms with E-state index in [0.717, 1.165) is 37.0 Å². The Morgan fingerprint density at radius 1 is 1.09 bits per heavy atom. The molecule has 0 radical (unpaired) electrons. The molecule has 2 aromatic carbocycles. The summed E-state index contributed by atoms with van der Waals surface area (Å²) in [6.45, 7) is 3.69. The summed E-state index contributed by atoms with van der Waals surface area (Å²) in [6.07, 6.45) is 6.45. The summed E-state index contributed by atoms with van der Waals surface area (Å²) in [7, 11) is 1.68. The van der Waals surface area contributed by atoms with Gasteiger partial charge in [-0.15, -0.1) is 0 Å². The minimum Gasteiger partial charge on any atom is -0.491 e. The lowest BCUT2D eigenvalue weighted by atomic mass is 9.59. The molecule has 0 aromatic heterocycles. The zero-order valence-electron chi connectivity index (χ0n) is 19.3. The van der Waals surface area contributed by atoms with E-state index >= 15 is 0 Å². The topological polar surface area (TPSA) is 56.8 Å². The number of alkyl carbamates (subject to hydrolysis) is 1. The van der Waals surface area contributed by atoms with E-state index in [1.807, 2.05) is 30.3 Å². The second-order valence-corrected chi connectivity index (χ2v) is 9.32. The third-order valence-corrected chi connectivity index (χ3v) is 7.15. The minimum atomic E-state index is -0.327. The molecule has 2 bridgehead atoms. The number of hydrogen-bond donors (Lipinski definition) is 1. The van der Waals surface area contributed by atoms with Crippen LogP contribution in [0.15, 0.2) is 48.5 Å². The van der Waals surface area contributed by atoms with Gasteiger partial charge in [-0.2, -0.15) is 0 Å². The van der Waals surface area contributed by atoms with Gasteiger partial charge in [0, 0.05) is 18.6 Å². The third kappa shape index (κ3) is 5.09. The molecule has 5 heteroatoms. The van der Waals surface area contributed by atoms with Crippen molar-refractivity contribution in [2.75, 3.05) is 20.3 Å². The number of fused-ring (bicyclic) bond motifs is 4. The Labute approximate surface area is 191 Å². The van der Waals surface area contributed by atoms with Gasteiger partial charge in [0.2, 0.25) is 0 Å². The molecule has 0 heterocycles. The summed E-state index contributed by atoms with van der Waals surface area (Å²) in [5, 5.41) is 3.29. The number of carbonyl (C=O) groups excluding carboxylic acids is 1. The van der Waals surface area contributed by atoms with E-state index in [4.69, 9.17) is 14.2 Å². The Morgan fingerprint density at radius 3 is 2.75 bits per heavy atom. The second kappa shape index (κ2) is 10.4. The molecule has 2 aliphatic rings. The lowest BCUT2D eigenvalue weighted by Gasteiger charge is -2.49. The highest BCUT2D eigenvalue weighted by atomic mass is 16.5. The SMILES string of the molecule is COCCOc1ccc2c(c1)[C@@]1(C)CCCCC[C@@H](C2)[C@@H]1NC(=O)OCc1ccccc1. The molecule has 2 aromatic rings. The molecule has 2 aliphatic carbocycles. The fraction of sp³-hybridized carbons (Fsp3) is 0.519. The standard InChI is InChI=1S/C27H35NO4/c1-27-14-8-4-7-11-22(17-21-12-13-23(18-24(21)27)31-16-15-30-2)25(27)28-26(29)32-19-20-9-5-3-6-10-20/h3,5-6,9-10,12-13,18,22,25H,4,7-8,11,14-17,19H2,1-2H3,(H,28,29)/t22-,25-,27+/m0/s1. The summed E-state index contributed by atoms with van der Waals surface area (Å²) in [5.74, 6) is 1.28. The Bertz CT molecular complexity index is 900. The van der Waals surface area contributed by atoms with E-state index in [2.05, 4.69) is 30.4 Å². The third-order valence-electron chi connectivity index (χ3n) is 7.15. The van der Waals surface area contributed by atoms with E-state index in [1.54, 1.807) is 7.11 Å². The average Bonchev–Trinajstić information content (AvgIpc) is 2.80. The molecule has 1 amide bonds. The van der Waals surface area contributed by atoms with Crippen LogP contribution in [0.3, 0.4) is 0 Å². The maximum absolute atomic E-state index is 12.8. The maximum atomic E-state index is 12.8. The second-order valence-electron chi connectivity index (χ2n) is 9.32. The van der Waals surface area contributed by atoms with E-state index in [1.165, 1.54) is 24.0 Å². The van der Waals surface area contributed by atoms with Crippen molar-refractivity contribution in [2.45, 2.75) is 63.5 Å². The van der Waals surface area contributed by atoms with Gasteiger partial charge in [0.15, 0.2) is 0 Å². The van der Waals surface area contributed by atoms with Crippen LogP contribution in [0.5, 0.6) is 5.75 Å². The van der Waals surface area contributed by atoms with Crippen LogP contribution in [-0.4, -0.2) is 32.5 Å². The summed E-state index contributed by atoms with van der Waals surface area (Å²) in [5.41, 5.74) is 3.54. The summed E-state index contributed by atoms with van der Waals surface area (Å²) in [6, 6.07) is 16.3. The van der Waals surface area contributed by atoms with Crippen molar-refractivity contribution >= 4 is 6.09 Å². The van der Waals surface area contributed by atoms with Crippen LogP contribution in [0.2, 0.25) is 0 Å². The van der Waals surface area contributed by atoms with Gasteiger partial charge in [0.05, 0.1) is 6.61 Å². The monoisotopic (exact) mass is 437 g/mol. The fourth-order valence-corrected chi connectivity index (χ4v) is 5.49. The van der Waals surface area contributed by atoms with E-state index in [0.29, 0.717) is 19.1 Å². The van der Waals surface area contributed by atoms with Crippen LogP contribution < -0.4 is 10.1 Å². The number of rotatable bonds is 7. The predicted molar refractivity (Wildman–Crippen MR) is 125 cm³/mol. The van der Waals surface area contributed by atoms with Gasteiger partial charge in [-0.05, 0) is 54.0 Å². The normalized spacial score (nSPS) is 24.6. The number of carbonyl (C=O) groups is 1. The molecule has 1 saturated carbocycles. The number of nitrogens with one attached hydrogen (secondary N) is 1. The Kier molecular flexibility index (Phi) is 7.36. The first kappa shape index (κ1) is 22.7. The Balaban J connectivity index is 1.55. The zero-order valence-corrected chi connectivity index (χ0v) is 19.3. The predicted octanol–water partition coefficient (Wildman–Crippen LogP) is 5.40. The Hall–Kier alpha value is -2.53. The van der Waals surface area contributed by atoms with Crippen LogP contribution >= 0.6 is 0 Å². The van der Waals surface area contributed by atoms with Crippen LogP contribution in [0, 0.1) is 5.92 Å². The van der Waals surface area contributed by atoms with Gasteiger partial charge in [-0.3, -0.25) is 0 Å². The first-order valence-corrected chi connectivity index (χ1v) is 11.8. The van der Waals surface area contributed by atoms with Gasteiger partial charge >= 0.3 is 6.09 Å². The van der Waals surface area contributed by atoms with Crippen LogP contribution in [0.4, 0.5) is 4.79 Å². The molecule has 5 nitrogen and oxygen atoms in total. The Morgan fingerprint density at radius 2 is 1.94 bits per heavy atom. The molecule has 1 fully saturated rings. The van der Waals surface area contributed by atoms with Gasteiger partial charge in [0.25, 0.3) is 0 Å². The highest BCUT2D eigenvalue weighted by molar-refractivity contribution is 5.68. The maximum Gasteiger partial charge on any atom is 0.407 e. The fourth-order valence-electron chi connectivity index (χ4n) is 5.49.